The van der Waals surface area contributed by atoms with Gasteiger partial charge in [0.2, 0.25) is 0 Å². The van der Waals surface area contributed by atoms with E-state index in [0.717, 1.165) is 45.6 Å². The van der Waals surface area contributed by atoms with Gasteiger partial charge in [0.25, 0.3) is 15.3 Å². The van der Waals surface area contributed by atoms with Crippen LogP contribution >= 0.6 is 0 Å². The van der Waals surface area contributed by atoms with Crippen LogP contribution in [0.3, 0.4) is 0 Å². The van der Waals surface area contributed by atoms with Crippen LogP contribution in [0.25, 0.3) is 0 Å². The molecule has 0 unspecified atom stereocenters. The molecule has 0 atom stereocenters. The van der Waals surface area contributed by atoms with Crippen molar-refractivity contribution in [3.05, 3.63) is 89.5 Å². The third-order valence-electron chi connectivity index (χ3n) is 4.58. The number of rotatable bonds is 0. The SMILES string of the molecule is CC1=NCCN=C(C)c2cccc(n2)C(C)=NCCN=C(C)c2cccc1n2.O=[N+]([O-])O.O=[N+]([O-])O.O=[N+]([O-])O.[La+3]. The second-order valence-corrected chi connectivity index (χ2v) is 7.40. The summed E-state index contributed by atoms with van der Waals surface area (Å²) < 4.78 is 0. The van der Waals surface area contributed by atoms with Crippen molar-refractivity contribution < 1.29 is 66.5 Å². The summed E-state index contributed by atoms with van der Waals surface area (Å²) in [5, 5.41) is 40.9. The number of nitrogens with zero attached hydrogens (tertiary/aromatic N) is 9. The topological polar surface area (TPSA) is 265 Å². The molecule has 1 aliphatic heterocycles. The maximum absolute atomic E-state index is 8.36. The van der Waals surface area contributed by atoms with Crippen LogP contribution in [-0.4, -0.2) is 89.9 Å². The second-order valence-electron chi connectivity index (χ2n) is 7.40. The molecule has 0 aromatic carbocycles. The molecule has 216 valence electrons. The molecule has 0 saturated carbocycles. The number of pyridine rings is 2. The van der Waals surface area contributed by atoms with E-state index in [-0.39, 0.29) is 35.6 Å². The first-order valence-electron chi connectivity index (χ1n) is 11.2. The zero-order valence-corrected chi connectivity index (χ0v) is 26.3. The monoisotopic (exact) mass is 702 g/mol. The Morgan fingerprint density at radius 1 is 0.537 bits per heavy atom. The Labute approximate surface area is 261 Å². The molecule has 0 amide bonds. The molecule has 18 nitrogen and oxygen atoms in total. The third kappa shape index (κ3) is 19.5. The molecular weight excluding hydrogens is 673 g/mol. The summed E-state index contributed by atoms with van der Waals surface area (Å²) in [6.45, 7) is 10.4. The van der Waals surface area contributed by atoms with Crippen LogP contribution < -0.4 is 0 Å². The molecule has 19 heteroatoms. The minimum atomic E-state index is -1.50. The quantitative estimate of drug-likeness (QED) is 0.265. The number of hydrogen-bond acceptors (Lipinski definition) is 12. The predicted octanol–water partition coefficient (Wildman–Crippen LogP) is 2.38. The van der Waals surface area contributed by atoms with Crippen molar-refractivity contribution >= 4 is 22.8 Å². The molecule has 0 fully saturated rings. The van der Waals surface area contributed by atoms with Crippen molar-refractivity contribution in [3.8, 4) is 0 Å². The summed E-state index contributed by atoms with van der Waals surface area (Å²) in [5.41, 5.74) is 7.12. The van der Waals surface area contributed by atoms with E-state index in [4.69, 9.17) is 55.9 Å². The maximum Gasteiger partial charge on any atom is 3.00 e. The molecule has 1 aliphatic rings. The zero-order valence-electron chi connectivity index (χ0n) is 22.7. The van der Waals surface area contributed by atoms with Gasteiger partial charge in [-0.1, -0.05) is 12.1 Å². The third-order valence-corrected chi connectivity index (χ3v) is 4.58. The number of fused-ring (bicyclic) bond motifs is 4. The van der Waals surface area contributed by atoms with E-state index >= 15 is 0 Å². The van der Waals surface area contributed by atoms with Crippen LogP contribution in [0.1, 0.15) is 50.5 Å². The fraction of sp³-hybridized carbons (Fsp3) is 0.364. The van der Waals surface area contributed by atoms with Crippen molar-refractivity contribution in [2.45, 2.75) is 27.7 Å². The van der Waals surface area contributed by atoms with E-state index in [1.165, 1.54) is 0 Å². The number of aliphatic imine (C=N–C) groups is 4. The smallest absolute Gasteiger partial charge is 0.328 e. The largest absolute Gasteiger partial charge is 3.00 e. The van der Waals surface area contributed by atoms with Gasteiger partial charge in [-0.3, -0.25) is 20.0 Å². The van der Waals surface area contributed by atoms with Gasteiger partial charge >= 0.3 is 35.6 Å². The Hall–Kier alpha value is -4.23. The van der Waals surface area contributed by atoms with E-state index in [9.17, 15) is 0 Å². The standard InChI is InChI=1S/C22H26N6.La.3HNO3/c1-15-19-7-5-8-20(27-19)16(2)25-13-14-26-18(4)22-10-6-9-21(28-22)17(3)24-12-11-23-15;;3*2-1(3)4/h5-10H,11-14H2,1-4H3;;3*(H,2,3,4)/q;+3;;;. The molecule has 2 aromatic rings. The van der Waals surface area contributed by atoms with Gasteiger partial charge in [-0.2, -0.15) is 0 Å². The van der Waals surface area contributed by atoms with E-state index in [1.54, 1.807) is 0 Å². The van der Waals surface area contributed by atoms with Crippen LogP contribution in [0.15, 0.2) is 56.4 Å². The van der Waals surface area contributed by atoms with Crippen molar-refractivity contribution in [1.29, 1.82) is 0 Å². The average Bonchev–Trinajstić information content (AvgIpc) is 2.87. The summed E-state index contributed by atoms with van der Waals surface area (Å²) >= 11 is 0. The Morgan fingerprint density at radius 2 is 0.707 bits per heavy atom. The van der Waals surface area contributed by atoms with Crippen LogP contribution in [0, 0.1) is 65.9 Å². The minimum absolute atomic E-state index is 0. The van der Waals surface area contributed by atoms with Gasteiger partial charge in [-0.25, -0.2) is 9.97 Å². The molecule has 41 heavy (non-hydrogen) atoms. The molecule has 0 spiro atoms. The first-order chi connectivity index (χ1) is 18.7. The Bertz CT molecular complexity index is 1090. The summed E-state index contributed by atoms with van der Waals surface area (Å²) in [7, 11) is 0. The first-order valence-corrected chi connectivity index (χ1v) is 11.2. The van der Waals surface area contributed by atoms with Gasteiger partial charge in [0, 0.05) is 0 Å². The second kappa shape index (κ2) is 21.6. The normalized spacial score (nSPS) is 12.8. The minimum Gasteiger partial charge on any atom is -0.328 e. The predicted molar refractivity (Wildman–Crippen MR) is 143 cm³/mol. The fourth-order valence-electron chi connectivity index (χ4n) is 2.87. The van der Waals surface area contributed by atoms with Crippen LogP contribution in [0.5, 0.6) is 0 Å². The van der Waals surface area contributed by atoms with Crippen molar-refractivity contribution in [2.75, 3.05) is 26.2 Å². The molecule has 0 saturated heterocycles. The molecule has 3 heterocycles. The van der Waals surface area contributed by atoms with Gasteiger partial charge in [-0.05, 0) is 52.0 Å². The summed E-state index contributed by atoms with van der Waals surface area (Å²) in [4.78, 5) is 53.0. The first kappa shape index (κ1) is 38.9. The number of aromatic nitrogens is 2. The van der Waals surface area contributed by atoms with E-state index in [1.807, 2.05) is 64.1 Å². The van der Waals surface area contributed by atoms with Gasteiger partial charge < -0.3 is 15.6 Å². The fourth-order valence-corrected chi connectivity index (χ4v) is 2.87. The molecule has 4 bridgehead atoms. The van der Waals surface area contributed by atoms with Gasteiger partial charge in [0.1, 0.15) is 0 Å². The maximum atomic E-state index is 8.36. The molecular formula is C22H29LaN9O9+3. The van der Waals surface area contributed by atoms with Crippen molar-refractivity contribution in [2.24, 2.45) is 20.0 Å². The molecule has 3 rings (SSSR count). The van der Waals surface area contributed by atoms with Crippen LogP contribution in [0.2, 0.25) is 0 Å². The van der Waals surface area contributed by atoms with E-state index in [0.29, 0.717) is 26.2 Å². The average molecular weight is 702 g/mol. The molecule has 2 aromatic heterocycles. The molecule has 3 N–H and O–H groups in total. The van der Waals surface area contributed by atoms with E-state index < -0.39 is 15.3 Å². The zero-order chi connectivity index (χ0) is 30.7. The van der Waals surface area contributed by atoms with Crippen LogP contribution in [-0.2, 0) is 0 Å². The Morgan fingerprint density at radius 3 is 0.878 bits per heavy atom. The Balaban J connectivity index is 0. The van der Waals surface area contributed by atoms with Gasteiger partial charge in [0.15, 0.2) is 0 Å². The van der Waals surface area contributed by atoms with Gasteiger partial charge in [0.05, 0.1) is 71.8 Å². The number of hydrogen-bond donors (Lipinski definition) is 3. The summed E-state index contributed by atoms with van der Waals surface area (Å²) in [5.74, 6) is 0. The van der Waals surface area contributed by atoms with Crippen molar-refractivity contribution in [3.63, 3.8) is 0 Å². The molecule has 0 radical (unpaired) electrons. The summed E-state index contributed by atoms with van der Waals surface area (Å²) in [6.07, 6.45) is 0. The van der Waals surface area contributed by atoms with E-state index in [2.05, 4.69) is 20.0 Å². The Kier molecular flexibility index (Phi) is 20.5. The molecule has 0 aliphatic carbocycles. The van der Waals surface area contributed by atoms with Crippen LogP contribution in [0.4, 0.5) is 0 Å². The van der Waals surface area contributed by atoms with Gasteiger partial charge in [-0.15, -0.1) is 30.3 Å². The summed E-state index contributed by atoms with van der Waals surface area (Å²) in [6, 6.07) is 11.9. The van der Waals surface area contributed by atoms with Crippen molar-refractivity contribution in [1.82, 2.24) is 9.97 Å².